The Bertz CT molecular complexity index is 685. The van der Waals surface area contributed by atoms with Gasteiger partial charge in [-0.2, -0.15) is 0 Å². The maximum atomic E-state index is 6.32. The third-order valence-electron chi connectivity index (χ3n) is 4.30. The van der Waals surface area contributed by atoms with Crippen LogP contribution in [0.4, 0.5) is 0 Å². The van der Waals surface area contributed by atoms with Crippen LogP contribution in [-0.2, 0) is 9.47 Å². The summed E-state index contributed by atoms with van der Waals surface area (Å²) in [6, 6.07) is 5.38. The Morgan fingerprint density at radius 3 is 2.36 bits per heavy atom. The van der Waals surface area contributed by atoms with Gasteiger partial charge in [-0.15, -0.1) is 0 Å². The SMILES string of the molecule is CC1OC(c2c(-c3c(Cl)cccc3Cl)noc2C2CCC2)O1. The third kappa shape index (κ3) is 2.26. The van der Waals surface area contributed by atoms with Crippen molar-refractivity contribution in [2.24, 2.45) is 0 Å². The fourth-order valence-electron chi connectivity index (χ4n) is 2.90. The van der Waals surface area contributed by atoms with E-state index in [1.165, 1.54) is 6.42 Å². The molecule has 0 radical (unpaired) electrons. The molecule has 4 nitrogen and oxygen atoms in total. The Kier molecular flexibility index (Phi) is 3.65. The lowest BCUT2D eigenvalue weighted by Gasteiger charge is -2.35. The molecule has 2 aliphatic rings. The van der Waals surface area contributed by atoms with E-state index in [0.717, 1.165) is 24.2 Å². The Morgan fingerprint density at radius 2 is 1.82 bits per heavy atom. The number of nitrogens with zero attached hydrogens (tertiary/aromatic N) is 1. The summed E-state index contributed by atoms with van der Waals surface area (Å²) in [6.07, 6.45) is 2.72. The minimum Gasteiger partial charge on any atom is -0.360 e. The highest BCUT2D eigenvalue weighted by Gasteiger charge is 2.40. The third-order valence-corrected chi connectivity index (χ3v) is 4.93. The van der Waals surface area contributed by atoms with Gasteiger partial charge in [-0.25, -0.2) is 0 Å². The highest BCUT2D eigenvalue weighted by atomic mass is 35.5. The number of rotatable bonds is 3. The highest BCUT2D eigenvalue weighted by Crippen LogP contribution is 2.48. The summed E-state index contributed by atoms with van der Waals surface area (Å²) >= 11 is 12.6. The van der Waals surface area contributed by atoms with Crippen molar-refractivity contribution in [2.45, 2.75) is 44.7 Å². The number of aromatic nitrogens is 1. The standard InChI is InChI=1S/C16H15Cl2NO3/c1-8-20-16(21-8)13-14(12-10(17)6-3-7-11(12)18)19-22-15(13)9-4-2-5-9/h3,6-9,16H,2,4-5H2,1H3. The molecule has 0 bridgehead atoms. The lowest BCUT2D eigenvalue weighted by molar-refractivity contribution is -0.382. The van der Waals surface area contributed by atoms with Crippen LogP contribution in [0, 0.1) is 0 Å². The number of benzene rings is 1. The molecule has 0 spiro atoms. The van der Waals surface area contributed by atoms with Gasteiger partial charge in [0.05, 0.1) is 15.6 Å². The van der Waals surface area contributed by atoms with E-state index in [1.54, 1.807) is 18.2 Å². The number of hydrogen-bond donors (Lipinski definition) is 0. The first-order valence-corrected chi connectivity index (χ1v) is 8.15. The lowest BCUT2D eigenvalue weighted by atomic mass is 9.81. The van der Waals surface area contributed by atoms with Gasteiger partial charge >= 0.3 is 0 Å². The van der Waals surface area contributed by atoms with Crippen molar-refractivity contribution in [1.29, 1.82) is 0 Å². The topological polar surface area (TPSA) is 44.5 Å². The first-order chi connectivity index (χ1) is 10.6. The van der Waals surface area contributed by atoms with E-state index in [4.69, 9.17) is 37.2 Å². The molecule has 0 atom stereocenters. The molecule has 1 aromatic carbocycles. The van der Waals surface area contributed by atoms with E-state index in [0.29, 0.717) is 27.2 Å². The molecule has 22 heavy (non-hydrogen) atoms. The van der Waals surface area contributed by atoms with Crippen molar-refractivity contribution in [3.63, 3.8) is 0 Å². The Morgan fingerprint density at radius 1 is 1.14 bits per heavy atom. The van der Waals surface area contributed by atoms with E-state index in [9.17, 15) is 0 Å². The summed E-state index contributed by atoms with van der Waals surface area (Å²) in [7, 11) is 0. The Hall–Kier alpha value is -1.07. The summed E-state index contributed by atoms with van der Waals surface area (Å²) in [4.78, 5) is 0. The van der Waals surface area contributed by atoms with Crippen molar-refractivity contribution in [2.75, 3.05) is 0 Å². The van der Waals surface area contributed by atoms with Gasteiger partial charge in [0.2, 0.25) is 0 Å². The summed E-state index contributed by atoms with van der Waals surface area (Å²) in [5.41, 5.74) is 2.12. The molecule has 2 heterocycles. The molecule has 1 aliphatic carbocycles. The molecule has 1 aliphatic heterocycles. The van der Waals surface area contributed by atoms with Crippen LogP contribution < -0.4 is 0 Å². The highest BCUT2D eigenvalue weighted by molar-refractivity contribution is 6.39. The van der Waals surface area contributed by atoms with Gasteiger partial charge in [0.1, 0.15) is 11.5 Å². The van der Waals surface area contributed by atoms with Gasteiger partial charge in [-0.1, -0.05) is 40.8 Å². The zero-order valence-electron chi connectivity index (χ0n) is 12.0. The average Bonchev–Trinajstić information content (AvgIpc) is 2.77. The van der Waals surface area contributed by atoms with E-state index < -0.39 is 6.29 Å². The van der Waals surface area contributed by atoms with Crippen LogP contribution in [0.15, 0.2) is 22.7 Å². The number of hydrogen-bond acceptors (Lipinski definition) is 4. The van der Waals surface area contributed by atoms with Crippen molar-refractivity contribution < 1.29 is 14.0 Å². The minimum atomic E-state index is -0.459. The van der Waals surface area contributed by atoms with Crippen molar-refractivity contribution >= 4 is 23.2 Å². The van der Waals surface area contributed by atoms with E-state index in [1.807, 2.05) is 6.92 Å². The summed E-state index contributed by atoms with van der Waals surface area (Å²) in [6.45, 7) is 1.86. The Labute approximate surface area is 138 Å². The zero-order valence-corrected chi connectivity index (χ0v) is 13.5. The van der Waals surface area contributed by atoms with E-state index in [-0.39, 0.29) is 6.29 Å². The first kappa shape index (κ1) is 14.5. The second-order valence-electron chi connectivity index (χ2n) is 5.71. The normalized spacial score (nSPS) is 24.9. The first-order valence-electron chi connectivity index (χ1n) is 7.40. The smallest absolute Gasteiger partial charge is 0.195 e. The molecule has 6 heteroatoms. The quantitative estimate of drug-likeness (QED) is 0.760. The molecule has 2 fully saturated rings. The molecule has 0 unspecified atom stereocenters. The summed E-state index contributed by atoms with van der Waals surface area (Å²) in [5, 5.41) is 5.31. The second-order valence-corrected chi connectivity index (χ2v) is 6.52. The predicted octanol–water partition coefficient (Wildman–Crippen LogP) is 5.31. The van der Waals surface area contributed by atoms with Crippen molar-refractivity contribution in [1.82, 2.24) is 5.16 Å². The van der Waals surface area contributed by atoms with Crippen LogP contribution >= 0.6 is 23.2 Å². The van der Waals surface area contributed by atoms with Crippen LogP contribution in [0.25, 0.3) is 11.3 Å². The fraction of sp³-hybridized carbons (Fsp3) is 0.438. The molecule has 1 saturated heterocycles. The van der Waals surface area contributed by atoms with Crippen molar-refractivity contribution in [3.05, 3.63) is 39.6 Å². The largest absolute Gasteiger partial charge is 0.360 e. The fourth-order valence-corrected chi connectivity index (χ4v) is 3.48. The van der Waals surface area contributed by atoms with Gasteiger partial charge < -0.3 is 14.0 Å². The molecule has 1 saturated carbocycles. The van der Waals surface area contributed by atoms with Gasteiger partial charge in [-0.3, -0.25) is 0 Å². The van der Waals surface area contributed by atoms with Gasteiger partial charge in [0.25, 0.3) is 0 Å². The summed E-state index contributed by atoms with van der Waals surface area (Å²) < 4.78 is 17.0. The van der Waals surface area contributed by atoms with Gasteiger partial charge in [-0.05, 0) is 31.9 Å². The summed E-state index contributed by atoms with van der Waals surface area (Å²) in [5.74, 6) is 1.22. The molecular weight excluding hydrogens is 325 g/mol. The number of ether oxygens (including phenoxy) is 2. The molecule has 4 rings (SSSR count). The average molecular weight is 340 g/mol. The lowest BCUT2D eigenvalue weighted by Crippen LogP contribution is -2.32. The monoisotopic (exact) mass is 339 g/mol. The van der Waals surface area contributed by atoms with Crippen LogP contribution in [0.3, 0.4) is 0 Å². The van der Waals surface area contributed by atoms with Crippen molar-refractivity contribution in [3.8, 4) is 11.3 Å². The van der Waals surface area contributed by atoms with E-state index >= 15 is 0 Å². The predicted molar refractivity (Wildman–Crippen MR) is 82.9 cm³/mol. The van der Waals surface area contributed by atoms with Gasteiger partial charge in [0, 0.05) is 11.5 Å². The maximum Gasteiger partial charge on any atom is 0.195 e. The second kappa shape index (κ2) is 5.53. The van der Waals surface area contributed by atoms with Crippen LogP contribution in [0.5, 0.6) is 0 Å². The molecule has 116 valence electrons. The molecule has 1 aromatic heterocycles. The zero-order chi connectivity index (χ0) is 15.3. The minimum absolute atomic E-state index is 0.219. The van der Waals surface area contributed by atoms with Crippen LogP contribution in [-0.4, -0.2) is 11.4 Å². The maximum absolute atomic E-state index is 6.32. The number of halogens is 2. The molecule has 0 N–H and O–H groups in total. The van der Waals surface area contributed by atoms with E-state index in [2.05, 4.69) is 5.16 Å². The molecule has 0 amide bonds. The molecular formula is C16H15Cl2NO3. The van der Waals surface area contributed by atoms with Gasteiger partial charge in [0.15, 0.2) is 12.6 Å². The van der Waals surface area contributed by atoms with Crippen LogP contribution in [0.2, 0.25) is 10.0 Å². The molecule has 2 aromatic rings. The Balaban J connectivity index is 1.83. The van der Waals surface area contributed by atoms with Crippen LogP contribution in [0.1, 0.15) is 49.7 Å².